The van der Waals surface area contributed by atoms with E-state index in [0.29, 0.717) is 0 Å². The van der Waals surface area contributed by atoms with Crippen molar-refractivity contribution in [2.75, 3.05) is 4.90 Å². The van der Waals surface area contributed by atoms with Gasteiger partial charge in [0.1, 0.15) is 22.7 Å². The fraction of sp³-hybridized carbons (Fsp3) is 0.211. The maximum absolute atomic E-state index is 7.56. The molecule has 0 bridgehead atoms. The van der Waals surface area contributed by atoms with Crippen molar-refractivity contribution >= 4 is 106 Å². The Hall–Kier alpha value is -8.74. The number of hydrogen-bond acceptors (Lipinski definition) is 3. The van der Waals surface area contributed by atoms with E-state index in [2.05, 4.69) is 277 Å². The lowest BCUT2D eigenvalue weighted by atomic mass is 9.34. The molecule has 6 heteroatoms. The standard InChI is InChI=1S/C76H68BN3O2/c1-11-12-22-47-39-68-71(55-27-18-21-30-66(55)81-68)70(46-23-14-13-15-24-46)73(47)80-64-44-51(78-60-28-19-16-25-53(60)56-40-48(74(2,3)4)31-37-62(56)78)33-35-58(64)77-59-36-34-52(45-67(59)82-69-43-50(76(8,9)10)42-65(80)72(69)77)79-61-29-20-17-26-54(61)57-41-49(75(5,6)7)32-38-63(57)79/h13-21,23-45H,11-12,22H2,1-10H3. The molecule has 0 saturated carbocycles. The molecule has 0 unspecified atom stereocenters. The summed E-state index contributed by atoms with van der Waals surface area (Å²) in [5.74, 6) is 1.78. The molecule has 13 aromatic rings. The number of aromatic nitrogens is 2. The highest BCUT2D eigenvalue weighted by molar-refractivity contribution is 6.99. The van der Waals surface area contributed by atoms with Crippen molar-refractivity contribution in [2.24, 2.45) is 0 Å². The Labute approximate surface area is 481 Å². The second-order valence-electron chi connectivity index (χ2n) is 26.4. The number of para-hydroxylation sites is 3. The van der Waals surface area contributed by atoms with Crippen LogP contribution in [0, 0.1) is 0 Å². The second kappa shape index (κ2) is 18.1. The SMILES string of the molecule is CCCCc1cc2oc3ccccc3c2c(-c2ccccc2)c1N1c2cc(-n3c4ccccc4c4cc(C(C)(C)C)ccc43)ccc2B2c3ccc(-n4c5ccccc5c5cc(C(C)(C)C)ccc54)cc3Oc3cc(C(C)(C)C)cc1c32. The number of benzene rings is 10. The van der Waals surface area contributed by atoms with E-state index in [-0.39, 0.29) is 23.0 Å². The Morgan fingerprint density at radius 1 is 0.439 bits per heavy atom. The molecule has 0 radical (unpaired) electrons. The summed E-state index contributed by atoms with van der Waals surface area (Å²) >= 11 is 0. The van der Waals surface area contributed by atoms with E-state index in [4.69, 9.17) is 9.15 Å². The van der Waals surface area contributed by atoms with Crippen molar-refractivity contribution in [1.82, 2.24) is 9.13 Å². The molecule has 402 valence electrons. The second-order valence-corrected chi connectivity index (χ2v) is 26.4. The summed E-state index contributed by atoms with van der Waals surface area (Å²) in [6, 6.07) is 73.2. The monoisotopic (exact) mass is 1070 g/mol. The van der Waals surface area contributed by atoms with Crippen molar-refractivity contribution < 1.29 is 9.15 Å². The maximum Gasteiger partial charge on any atom is 0.256 e. The number of anilines is 3. The molecule has 2 aliphatic rings. The number of aryl methyl sites for hydroxylation is 1. The zero-order chi connectivity index (χ0) is 56.1. The molecule has 0 atom stereocenters. The van der Waals surface area contributed by atoms with Crippen molar-refractivity contribution in [3.05, 3.63) is 216 Å². The van der Waals surface area contributed by atoms with Crippen molar-refractivity contribution in [2.45, 2.75) is 105 Å². The average molecular weight is 1070 g/mol. The van der Waals surface area contributed by atoms with E-state index in [0.717, 1.165) is 86.5 Å². The summed E-state index contributed by atoms with van der Waals surface area (Å²) in [7, 11) is 0. The van der Waals surface area contributed by atoms with Gasteiger partial charge in [0.25, 0.3) is 6.71 Å². The fourth-order valence-electron chi connectivity index (χ4n) is 13.7. The Morgan fingerprint density at radius 2 is 1.00 bits per heavy atom. The lowest BCUT2D eigenvalue weighted by Gasteiger charge is -2.42. The van der Waals surface area contributed by atoms with E-state index in [1.807, 2.05) is 0 Å². The Bertz CT molecular complexity index is 4780. The van der Waals surface area contributed by atoms with Crippen LogP contribution < -0.4 is 26.0 Å². The van der Waals surface area contributed by atoms with Crippen LogP contribution in [0.4, 0.5) is 17.1 Å². The molecule has 5 heterocycles. The van der Waals surface area contributed by atoms with Crippen molar-refractivity contribution in [1.29, 1.82) is 0 Å². The number of rotatable bonds is 7. The Kier molecular flexibility index (Phi) is 11.1. The predicted molar refractivity (Wildman–Crippen MR) is 348 cm³/mol. The number of fused-ring (bicyclic) bond motifs is 13. The van der Waals surface area contributed by atoms with E-state index in [1.54, 1.807) is 0 Å². The van der Waals surface area contributed by atoms with Gasteiger partial charge in [-0.05, 0) is 152 Å². The minimum atomic E-state index is -0.220. The first-order valence-corrected chi connectivity index (χ1v) is 29.6. The fourth-order valence-corrected chi connectivity index (χ4v) is 13.7. The molecule has 82 heavy (non-hydrogen) atoms. The van der Waals surface area contributed by atoms with E-state index >= 15 is 0 Å². The molecular weight excluding hydrogens is 998 g/mol. The summed E-state index contributed by atoms with van der Waals surface area (Å²) in [5.41, 5.74) is 23.0. The Balaban J connectivity index is 1.05. The van der Waals surface area contributed by atoms with Crippen LogP contribution in [-0.4, -0.2) is 15.8 Å². The predicted octanol–water partition coefficient (Wildman–Crippen LogP) is 19.1. The molecule has 5 nitrogen and oxygen atoms in total. The summed E-state index contributed by atoms with van der Waals surface area (Å²) in [4.78, 5) is 2.66. The normalized spacial score (nSPS) is 13.4. The van der Waals surface area contributed by atoms with Gasteiger partial charge < -0.3 is 23.2 Å². The van der Waals surface area contributed by atoms with Gasteiger partial charge in [0, 0.05) is 66.7 Å². The van der Waals surface area contributed by atoms with Crippen LogP contribution in [0.1, 0.15) is 104 Å². The minimum absolute atomic E-state index is 0.00437. The maximum atomic E-state index is 7.56. The van der Waals surface area contributed by atoms with E-state index in [1.165, 1.54) is 88.0 Å². The van der Waals surface area contributed by atoms with Crippen molar-refractivity contribution in [3.63, 3.8) is 0 Å². The molecule has 0 amide bonds. The number of ether oxygens (including phenoxy) is 1. The lowest BCUT2D eigenvalue weighted by Crippen LogP contribution is -2.59. The largest absolute Gasteiger partial charge is 0.458 e. The third kappa shape index (κ3) is 7.66. The van der Waals surface area contributed by atoms with Crippen LogP contribution >= 0.6 is 0 Å². The first-order chi connectivity index (χ1) is 39.5. The smallest absolute Gasteiger partial charge is 0.256 e. The van der Waals surface area contributed by atoms with E-state index in [9.17, 15) is 0 Å². The quantitative estimate of drug-likeness (QED) is 0.149. The van der Waals surface area contributed by atoms with Crippen LogP contribution in [0.5, 0.6) is 11.5 Å². The van der Waals surface area contributed by atoms with Crippen LogP contribution in [0.3, 0.4) is 0 Å². The molecule has 0 fully saturated rings. The molecule has 2 aliphatic heterocycles. The zero-order valence-electron chi connectivity index (χ0n) is 48.8. The first-order valence-electron chi connectivity index (χ1n) is 29.6. The average Bonchev–Trinajstić information content (AvgIpc) is 3.37. The van der Waals surface area contributed by atoms with Gasteiger partial charge in [0.2, 0.25) is 0 Å². The number of hydrogen-bond donors (Lipinski definition) is 0. The van der Waals surface area contributed by atoms with Gasteiger partial charge in [0.05, 0.1) is 27.8 Å². The van der Waals surface area contributed by atoms with Gasteiger partial charge >= 0.3 is 0 Å². The molecule has 0 spiro atoms. The minimum Gasteiger partial charge on any atom is -0.458 e. The number of furan rings is 1. The van der Waals surface area contributed by atoms with Crippen molar-refractivity contribution in [3.8, 4) is 34.0 Å². The summed E-state index contributed by atoms with van der Waals surface area (Å²) < 4.78 is 19.4. The highest BCUT2D eigenvalue weighted by atomic mass is 16.5. The highest BCUT2D eigenvalue weighted by Crippen LogP contribution is 2.52. The van der Waals surface area contributed by atoms with Gasteiger partial charge in [-0.15, -0.1) is 0 Å². The van der Waals surface area contributed by atoms with Gasteiger partial charge in [-0.25, -0.2) is 0 Å². The first kappa shape index (κ1) is 50.2. The van der Waals surface area contributed by atoms with Gasteiger partial charge in [0.15, 0.2) is 0 Å². The van der Waals surface area contributed by atoms with Crippen LogP contribution in [0.2, 0.25) is 0 Å². The number of unbranched alkanes of at least 4 members (excludes halogenated alkanes) is 1. The molecule has 0 aliphatic carbocycles. The lowest BCUT2D eigenvalue weighted by molar-refractivity contribution is 0.483. The van der Waals surface area contributed by atoms with Crippen LogP contribution in [-0.2, 0) is 22.7 Å². The molecule has 3 aromatic heterocycles. The molecule has 0 N–H and O–H groups in total. The summed E-state index contributed by atoms with van der Waals surface area (Å²) in [6.07, 6.45) is 2.96. The van der Waals surface area contributed by atoms with E-state index < -0.39 is 0 Å². The van der Waals surface area contributed by atoms with Gasteiger partial charge in [-0.3, -0.25) is 0 Å². The third-order valence-corrected chi connectivity index (χ3v) is 18.0. The number of nitrogens with zero attached hydrogens (tertiary/aromatic N) is 3. The van der Waals surface area contributed by atoms with Crippen LogP contribution in [0.25, 0.3) is 88.1 Å². The molecule has 10 aromatic carbocycles. The third-order valence-electron chi connectivity index (χ3n) is 18.0. The molecular formula is C76H68BN3O2. The van der Waals surface area contributed by atoms with Gasteiger partial charge in [-0.2, -0.15) is 0 Å². The Morgan fingerprint density at radius 3 is 1.62 bits per heavy atom. The highest BCUT2D eigenvalue weighted by Gasteiger charge is 2.44. The van der Waals surface area contributed by atoms with Crippen LogP contribution in [0.15, 0.2) is 199 Å². The van der Waals surface area contributed by atoms with Gasteiger partial charge in [-0.1, -0.05) is 185 Å². The summed E-state index contributed by atoms with van der Waals surface area (Å²) in [5, 5.41) is 7.26. The zero-order valence-corrected chi connectivity index (χ0v) is 48.8. The topological polar surface area (TPSA) is 35.5 Å². The summed E-state index contributed by atoms with van der Waals surface area (Å²) in [6.45, 7) is 23.0. The molecule has 0 saturated heterocycles. The molecule has 15 rings (SSSR count).